The van der Waals surface area contributed by atoms with E-state index in [9.17, 15) is 8.42 Å². The minimum absolute atomic E-state index is 0.349. The lowest BCUT2D eigenvalue weighted by atomic mass is 10.2. The first-order valence-electron chi connectivity index (χ1n) is 6.50. The molecule has 1 aromatic carbocycles. The molecule has 0 amide bonds. The van der Waals surface area contributed by atoms with E-state index < -0.39 is 10.2 Å². The fraction of sp³-hybridized carbons (Fsp3) is 0.538. The zero-order chi connectivity index (χ0) is 13.7. The fourth-order valence-corrected chi connectivity index (χ4v) is 3.76. The van der Waals surface area contributed by atoms with Gasteiger partial charge in [-0.25, -0.2) is 0 Å². The van der Waals surface area contributed by atoms with Crippen LogP contribution in [0.15, 0.2) is 24.3 Å². The van der Waals surface area contributed by atoms with Gasteiger partial charge < -0.3 is 0 Å². The second-order valence-corrected chi connectivity index (χ2v) is 7.05. The number of piperidine rings is 1. The Morgan fingerprint density at radius 3 is 2.21 bits per heavy atom. The van der Waals surface area contributed by atoms with Crippen LogP contribution >= 0.6 is 15.9 Å². The molecule has 1 aliphatic rings. The third-order valence-corrected chi connectivity index (χ3v) is 5.49. The van der Waals surface area contributed by atoms with E-state index in [0.717, 1.165) is 30.2 Å². The summed E-state index contributed by atoms with van der Waals surface area (Å²) in [5.41, 5.74) is 2.16. The zero-order valence-corrected chi connectivity index (χ0v) is 13.2. The van der Waals surface area contributed by atoms with E-state index in [4.69, 9.17) is 0 Å². The van der Waals surface area contributed by atoms with Gasteiger partial charge in [0.2, 0.25) is 0 Å². The molecule has 1 heterocycles. The fourth-order valence-electron chi connectivity index (χ4n) is 2.12. The summed E-state index contributed by atoms with van der Waals surface area (Å²) in [6.07, 6.45) is 3.04. The van der Waals surface area contributed by atoms with Crippen molar-refractivity contribution in [1.82, 2.24) is 9.03 Å². The van der Waals surface area contributed by atoms with E-state index in [1.54, 1.807) is 4.31 Å². The van der Waals surface area contributed by atoms with Gasteiger partial charge in [0.1, 0.15) is 0 Å². The van der Waals surface area contributed by atoms with Crippen LogP contribution in [0.5, 0.6) is 0 Å². The molecule has 0 aromatic heterocycles. The van der Waals surface area contributed by atoms with Gasteiger partial charge in [-0.15, -0.1) is 0 Å². The lowest BCUT2D eigenvalue weighted by Gasteiger charge is -2.25. The first-order valence-corrected chi connectivity index (χ1v) is 9.06. The first kappa shape index (κ1) is 15.0. The molecule has 0 spiro atoms. The van der Waals surface area contributed by atoms with Crippen LogP contribution < -0.4 is 4.72 Å². The van der Waals surface area contributed by atoms with Gasteiger partial charge in [-0.05, 0) is 24.0 Å². The van der Waals surface area contributed by atoms with Crippen LogP contribution in [-0.2, 0) is 22.1 Å². The molecule has 0 aliphatic carbocycles. The predicted molar refractivity (Wildman–Crippen MR) is 80.3 cm³/mol. The molecule has 0 unspecified atom stereocenters. The van der Waals surface area contributed by atoms with Crippen LogP contribution in [-0.4, -0.2) is 25.8 Å². The van der Waals surface area contributed by atoms with Crippen molar-refractivity contribution in [3.05, 3.63) is 35.4 Å². The molecule has 1 N–H and O–H groups in total. The number of rotatable bonds is 5. The number of hydrogen-bond donors (Lipinski definition) is 1. The van der Waals surface area contributed by atoms with Gasteiger partial charge in [-0.3, -0.25) is 0 Å². The van der Waals surface area contributed by atoms with Crippen molar-refractivity contribution < 1.29 is 8.42 Å². The average molecular weight is 347 g/mol. The molecule has 106 valence electrons. The van der Waals surface area contributed by atoms with Gasteiger partial charge in [0.15, 0.2) is 0 Å². The Morgan fingerprint density at radius 2 is 1.63 bits per heavy atom. The SMILES string of the molecule is O=S(=O)(NCc1ccc(CBr)cc1)N1CCCCC1. The van der Waals surface area contributed by atoms with Crippen molar-refractivity contribution in [3.63, 3.8) is 0 Å². The van der Waals surface area contributed by atoms with Crippen LogP contribution in [0.1, 0.15) is 30.4 Å². The maximum Gasteiger partial charge on any atom is 0.279 e. The van der Waals surface area contributed by atoms with E-state index in [0.29, 0.717) is 19.6 Å². The van der Waals surface area contributed by atoms with Crippen LogP contribution in [0.25, 0.3) is 0 Å². The maximum absolute atomic E-state index is 12.1. The van der Waals surface area contributed by atoms with E-state index in [2.05, 4.69) is 20.7 Å². The molecule has 19 heavy (non-hydrogen) atoms. The third-order valence-electron chi connectivity index (χ3n) is 3.29. The van der Waals surface area contributed by atoms with Gasteiger partial charge in [0.25, 0.3) is 10.2 Å². The minimum Gasteiger partial charge on any atom is -0.198 e. The van der Waals surface area contributed by atoms with Crippen LogP contribution in [0.3, 0.4) is 0 Å². The highest BCUT2D eigenvalue weighted by atomic mass is 79.9. The highest BCUT2D eigenvalue weighted by molar-refractivity contribution is 9.08. The van der Waals surface area contributed by atoms with Crippen molar-refractivity contribution in [2.45, 2.75) is 31.1 Å². The molecule has 1 saturated heterocycles. The molecule has 1 aliphatic heterocycles. The molecular formula is C13H19BrN2O2S. The molecule has 1 fully saturated rings. The molecular weight excluding hydrogens is 328 g/mol. The predicted octanol–water partition coefficient (Wildman–Crippen LogP) is 2.40. The Morgan fingerprint density at radius 1 is 1.05 bits per heavy atom. The molecule has 0 radical (unpaired) electrons. The van der Waals surface area contributed by atoms with Gasteiger partial charge >= 0.3 is 0 Å². The van der Waals surface area contributed by atoms with E-state index >= 15 is 0 Å². The van der Waals surface area contributed by atoms with E-state index in [1.165, 1.54) is 5.56 Å². The standard InChI is InChI=1S/C13H19BrN2O2S/c14-10-12-4-6-13(7-5-12)11-15-19(17,18)16-8-2-1-3-9-16/h4-7,15H,1-3,8-11H2. The van der Waals surface area contributed by atoms with Crippen molar-refractivity contribution in [2.75, 3.05) is 13.1 Å². The molecule has 4 nitrogen and oxygen atoms in total. The zero-order valence-electron chi connectivity index (χ0n) is 10.8. The normalized spacial score (nSPS) is 17.5. The summed E-state index contributed by atoms with van der Waals surface area (Å²) >= 11 is 3.39. The quantitative estimate of drug-likeness (QED) is 0.832. The number of halogens is 1. The monoisotopic (exact) mass is 346 g/mol. The van der Waals surface area contributed by atoms with Crippen LogP contribution in [0.4, 0.5) is 0 Å². The number of hydrogen-bond acceptors (Lipinski definition) is 2. The summed E-state index contributed by atoms with van der Waals surface area (Å²) in [5, 5.41) is 0.812. The van der Waals surface area contributed by atoms with Gasteiger partial charge in [-0.2, -0.15) is 17.4 Å². The summed E-state index contributed by atoms with van der Waals surface area (Å²) in [6.45, 7) is 1.62. The Labute approximate surface area is 123 Å². The van der Waals surface area contributed by atoms with Gasteiger partial charge in [-0.1, -0.05) is 46.6 Å². The Hall–Kier alpha value is -0.430. The molecule has 1 aromatic rings. The molecule has 0 atom stereocenters. The molecule has 6 heteroatoms. The van der Waals surface area contributed by atoms with Crippen LogP contribution in [0, 0.1) is 0 Å². The highest BCUT2D eigenvalue weighted by Gasteiger charge is 2.22. The Kier molecular flexibility index (Phi) is 5.38. The number of nitrogens with zero attached hydrogens (tertiary/aromatic N) is 1. The van der Waals surface area contributed by atoms with Gasteiger partial charge in [0, 0.05) is 25.0 Å². The second-order valence-electron chi connectivity index (χ2n) is 4.74. The minimum atomic E-state index is -3.32. The topological polar surface area (TPSA) is 49.4 Å². The lowest BCUT2D eigenvalue weighted by molar-refractivity contribution is 0.341. The summed E-state index contributed by atoms with van der Waals surface area (Å²) in [6, 6.07) is 7.91. The Balaban J connectivity index is 1.92. The summed E-state index contributed by atoms with van der Waals surface area (Å²) < 4.78 is 28.4. The number of nitrogens with one attached hydrogen (secondary N) is 1. The summed E-state index contributed by atoms with van der Waals surface area (Å²) in [5.74, 6) is 0. The van der Waals surface area contributed by atoms with Crippen molar-refractivity contribution in [3.8, 4) is 0 Å². The van der Waals surface area contributed by atoms with E-state index in [1.807, 2.05) is 24.3 Å². The van der Waals surface area contributed by atoms with Crippen molar-refractivity contribution in [1.29, 1.82) is 0 Å². The van der Waals surface area contributed by atoms with E-state index in [-0.39, 0.29) is 0 Å². The third kappa shape index (κ3) is 4.27. The van der Waals surface area contributed by atoms with Crippen molar-refractivity contribution in [2.24, 2.45) is 0 Å². The summed E-state index contributed by atoms with van der Waals surface area (Å²) in [7, 11) is -3.32. The van der Waals surface area contributed by atoms with Crippen LogP contribution in [0.2, 0.25) is 0 Å². The van der Waals surface area contributed by atoms with Gasteiger partial charge in [0.05, 0.1) is 0 Å². The number of alkyl halides is 1. The Bertz CT molecular complexity index is 496. The number of benzene rings is 1. The largest absolute Gasteiger partial charge is 0.279 e. The smallest absolute Gasteiger partial charge is 0.198 e. The molecule has 2 rings (SSSR count). The lowest BCUT2D eigenvalue weighted by Crippen LogP contribution is -2.43. The average Bonchev–Trinajstić information content (AvgIpc) is 2.47. The van der Waals surface area contributed by atoms with Crippen molar-refractivity contribution >= 4 is 26.1 Å². The first-order chi connectivity index (χ1) is 9.12. The maximum atomic E-state index is 12.1. The highest BCUT2D eigenvalue weighted by Crippen LogP contribution is 2.13. The molecule has 0 bridgehead atoms. The summed E-state index contributed by atoms with van der Waals surface area (Å²) in [4.78, 5) is 0. The molecule has 0 saturated carbocycles. The second kappa shape index (κ2) is 6.83.